The minimum atomic E-state index is -0.434. The molecule has 0 amide bonds. The number of benzene rings is 1. The highest BCUT2D eigenvalue weighted by atomic mass is 79.9. The number of ether oxygens (including phenoxy) is 1. The van der Waals surface area contributed by atoms with Crippen LogP contribution in [-0.4, -0.2) is 29.6 Å². The third-order valence-electron chi connectivity index (χ3n) is 3.07. The lowest BCUT2D eigenvalue weighted by molar-refractivity contribution is -0.136. The van der Waals surface area contributed by atoms with E-state index in [1.807, 2.05) is 31.3 Å². The average molecular weight is 349 g/mol. The van der Waals surface area contributed by atoms with Gasteiger partial charge in [0.1, 0.15) is 15.9 Å². The molecule has 1 aromatic carbocycles. The molecule has 0 spiro atoms. The van der Waals surface area contributed by atoms with Crippen molar-refractivity contribution in [2.45, 2.75) is 6.92 Å². The van der Waals surface area contributed by atoms with Gasteiger partial charge in [0.2, 0.25) is 0 Å². The number of hydrogen-bond donors (Lipinski definition) is 1. The predicted octanol–water partition coefficient (Wildman–Crippen LogP) is 2.21. The number of halogens is 1. The largest absolute Gasteiger partial charge is 0.462 e. The summed E-state index contributed by atoms with van der Waals surface area (Å²) in [5.74, 6) is 0.149. The number of carbonyl (C=O) groups is 1. The zero-order valence-corrected chi connectivity index (χ0v) is 13.1. The van der Waals surface area contributed by atoms with Gasteiger partial charge in [0.15, 0.2) is 5.82 Å². The standard InChI is InChI=1S/C14H13BrN4O2/c1-3-21-14(20)10-11-13(19(2)18-12(10)15)17-9-7-5-4-6-8(9)16-11/h4-7,18H,3H2,1-2H3. The number of aromatic nitrogens is 2. The normalized spacial score (nSPS) is 14.0. The Hall–Kier alpha value is -2.15. The highest BCUT2D eigenvalue weighted by molar-refractivity contribution is 9.11. The van der Waals surface area contributed by atoms with Crippen LogP contribution in [0.25, 0.3) is 16.6 Å². The van der Waals surface area contributed by atoms with Gasteiger partial charge < -0.3 is 4.74 Å². The molecule has 1 aliphatic rings. The fourth-order valence-electron chi connectivity index (χ4n) is 2.14. The lowest BCUT2D eigenvalue weighted by Gasteiger charge is -2.28. The monoisotopic (exact) mass is 348 g/mol. The number of hydrazine groups is 1. The highest BCUT2D eigenvalue weighted by Gasteiger charge is 2.30. The van der Waals surface area contributed by atoms with Crippen LogP contribution in [0.5, 0.6) is 0 Å². The first-order chi connectivity index (χ1) is 10.1. The smallest absolute Gasteiger partial charge is 0.343 e. The minimum absolute atomic E-state index is 0.300. The second-order valence-electron chi connectivity index (χ2n) is 4.46. The summed E-state index contributed by atoms with van der Waals surface area (Å²) in [4.78, 5) is 21.3. The van der Waals surface area contributed by atoms with Crippen molar-refractivity contribution in [2.75, 3.05) is 18.7 Å². The Kier molecular flexibility index (Phi) is 3.50. The van der Waals surface area contributed by atoms with E-state index in [4.69, 9.17) is 4.74 Å². The molecule has 3 rings (SSSR count). The summed E-state index contributed by atoms with van der Waals surface area (Å²) in [7, 11) is 1.81. The van der Waals surface area contributed by atoms with Crippen LogP contribution < -0.4 is 10.4 Å². The maximum atomic E-state index is 12.2. The number of rotatable bonds is 2. The van der Waals surface area contributed by atoms with E-state index >= 15 is 0 Å². The fraction of sp³-hybridized carbons (Fsp3) is 0.214. The molecule has 21 heavy (non-hydrogen) atoms. The first-order valence-corrected chi connectivity index (χ1v) is 7.25. The molecule has 7 heteroatoms. The van der Waals surface area contributed by atoms with Gasteiger partial charge in [-0.25, -0.2) is 14.8 Å². The van der Waals surface area contributed by atoms with Gasteiger partial charge in [0.05, 0.1) is 17.6 Å². The molecule has 0 saturated heterocycles. The summed E-state index contributed by atoms with van der Waals surface area (Å²) in [6, 6.07) is 7.53. The molecule has 0 aliphatic carbocycles. The van der Waals surface area contributed by atoms with Crippen LogP contribution in [0.15, 0.2) is 28.9 Å². The zero-order chi connectivity index (χ0) is 15.0. The number of para-hydroxylation sites is 2. The molecular weight excluding hydrogens is 336 g/mol. The Morgan fingerprint density at radius 3 is 2.67 bits per heavy atom. The van der Waals surface area contributed by atoms with Crippen LogP contribution in [0.4, 0.5) is 5.82 Å². The molecule has 1 aliphatic heterocycles. The molecular formula is C14H13BrN4O2. The van der Waals surface area contributed by atoms with Crippen molar-refractivity contribution in [3.8, 4) is 0 Å². The van der Waals surface area contributed by atoms with Gasteiger partial charge in [-0.2, -0.15) is 0 Å². The second kappa shape index (κ2) is 5.33. The van der Waals surface area contributed by atoms with E-state index in [9.17, 15) is 4.79 Å². The number of nitrogens with zero attached hydrogens (tertiary/aromatic N) is 3. The van der Waals surface area contributed by atoms with Gasteiger partial charge in [0.25, 0.3) is 0 Å². The number of esters is 1. The molecule has 1 N–H and O–H groups in total. The number of nitrogens with one attached hydrogen (secondary N) is 1. The molecule has 6 nitrogen and oxygen atoms in total. The molecule has 0 radical (unpaired) electrons. The lowest BCUT2D eigenvalue weighted by atomic mass is 10.1. The molecule has 108 valence electrons. The van der Waals surface area contributed by atoms with Crippen LogP contribution in [0.2, 0.25) is 0 Å². The second-order valence-corrected chi connectivity index (χ2v) is 5.26. The van der Waals surface area contributed by atoms with E-state index in [1.165, 1.54) is 0 Å². The Morgan fingerprint density at radius 2 is 2.00 bits per heavy atom. The zero-order valence-electron chi connectivity index (χ0n) is 11.6. The fourth-order valence-corrected chi connectivity index (χ4v) is 2.76. The maximum absolute atomic E-state index is 12.2. The topological polar surface area (TPSA) is 67.3 Å². The van der Waals surface area contributed by atoms with Crippen molar-refractivity contribution in [3.05, 3.63) is 34.6 Å². The van der Waals surface area contributed by atoms with Gasteiger partial charge in [-0.1, -0.05) is 12.1 Å². The van der Waals surface area contributed by atoms with Gasteiger partial charge in [-0.05, 0) is 35.0 Å². The number of carbonyl (C=O) groups excluding carboxylic acids is 1. The van der Waals surface area contributed by atoms with Crippen LogP contribution >= 0.6 is 15.9 Å². The van der Waals surface area contributed by atoms with Gasteiger partial charge in [-0.15, -0.1) is 0 Å². The van der Waals surface area contributed by atoms with Crippen molar-refractivity contribution >= 4 is 44.3 Å². The summed E-state index contributed by atoms with van der Waals surface area (Å²) >= 11 is 3.36. The van der Waals surface area contributed by atoms with E-state index in [0.717, 1.165) is 11.0 Å². The molecule has 0 saturated carbocycles. The van der Waals surface area contributed by atoms with E-state index in [0.29, 0.717) is 28.3 Å². The molecule has 0 bridgehead atoms. The predicted molar refractivity (Wildman–Crippen MR) is 83.6 cm³/mol. The SMILES string of the molecule is CCOC(=O)C1=C(Br)NN(C)c2nc3ccccc3nc21. The molecule has 1 aromatic heterocycles. The quantitative estimate of drug-likeness (QED) is 0.662. The van der Waals surface area contributed by atoms with Crippen molar-refractivity contribution in [1.29, 1.82) is 0 Å². The molecule has 0 unspecified atom stereocenters. The first kappa shape index (κ1) is 13.8. The highest BCUT2D eigenvalue weighted by Crippen LogP contribution is 2.33. The van der Waals surface area contributed by atoms with Crippen molar-refractivity contribution in [1.82, 2.24) is 15.4 Å². The number of hydrogen-bond acceptors (Lipinski definition) is 6. The average Bonchev–Trinajstić information content (AvgIpc) is 2.46. The third-order valence-corrected chi connectivity index (χ3v) is 3.65. The molecule has 0 atom stereocenters. The summed E-state index contributed by atoms with van der Waals surface area (Å²) in [5.41, 5.74) is 5.37. The van der Waals surface area contributed by atoms with Gasteiger partial charge in [0, 0.05) is 7.05 Å². The van der Waals surface area contributed by atoms with Crippen molar-refractivity contribution in [2.24, 2.45) is 0 Å². The molecule has 0 fully saturated rings. The maximum Gasteiger partial charge on any atom is 0.343 e. The Labute approximate surface area is 129 Å². The van der Waals surface area contributed by atoms with Crippen LogP contribution in [0.1, 0.15) is 12.6 Å². The summed E-state index contributed by atoms with van der Waals surface area (Å²) in [6.45, 7) is 2.07. The van der Waals surface area contributed by atoms with E-state index in [2.05, 4.69) is 31.3 Å². The van der Waals surface area contributed by atoms with Crippen LogP contribution in [0, 0.1) is 0 Å². The van der Waals surface area contributed by atoms with E-state index in [1.54, 1.807) is 11.9 Å². The van der Waals surface area contributed by atoms with Crippen molar-refractivity contribution in [3.63, 3.8) is 0 Å². The first-order valence-electron chi connectivity index (χ1n) is 6.46. The Bertz CT molecular complexity index is 760. The van der Waals surface area contributed by atoms with Gasteiger partial charge in [-0.3, -0.25) is 10.4 Å². The minimum Gasteiger partial charge on any atom is -0.462 e. The third kappa shape index (κ3) is 2.33. The summed E-state index contributed by atoms with van der Waals surface area (Å²) in [6.07, 6.45) is 0. The van der Waals surface area contributed by atoms with Crippen LogP contribution in [0.3, 0.4) is 0 Å². The van der Waals surface area contributed by atoms with Crippen LogP contribution in [-0.2, 0) is 9.53 Å². The van der Waals surface area contributed by atoms with Gasteiger partial charge >= 0.3 is 5.97 Å². The van der Waals surface area contributed by atoms with E-state index in [-0.39, 0.29) is 0 Å². The Balaban J connectivity index is 2.23. The molecule has 2 aromatic rings. The van der Waals surface area contributed by atoms with E-state index < -0.39 is 5.97 Å². The molecule has 2 heterocycles. The summed E-state index contributed by atoms with van der Waals surface area (Å²) < 4.78 is 5.62. The number of anilines is 1. The Morgan fingerprint density at radius 1 is 1.33 bits per heavy atom. The van der Waals surface area contributed by atoms with Crippen molar-refractivity contribution < 1.29 is 9.53 Å². The summed E-state index contributed by atoms with van der Waals surface area (Å²) in [5, 5.41) is 1.71. The lowest BCUT2D eigenvalue weighted by Crippen LogP contribution is -2.38. The number of fused-ring (bicyclic) bond motifs is 2.